The molecule has 2 aliphatic rings. The van der Waals surface area contributed by atoms with E-state index in [1.54, 1.807) is 0 Å². The van der Waals surface area contributed by atoms with Gasteiger partial charge in [0.1, 0.15) is 0 Å². The lowest BCUT2D eigenvalue weighted by molar-refractivity contribution is 0.476. The quantitative estimate of drug-likeness (QED) is 0.161. The van der Waals surface area contributed by atoms with Crippen molar-refractivity contribution >= 4 is 27.6 Å². The Hall–Kier alpha value is -4.24. The van der Waals surface area contributed by atoms with E-state index >= 15 is 0 Å². The maximum Gasteiger partial charge on any atom is 0.0397 e. The van der Waals surface area contributed by atoms with Crippen LogP contribution in [0.1, 0.15) is 42.9 Å². The number of hydrazine groups is 1. The first-order chi connectivity index (χ1) is 20.2. The molecule has 41 heavy (non-hydrogen) atoms. The molecule has 7 rings (SSSR count). The molecule has 0 aromatic heterocycles. The summed E-state index contributed by atoms with van der Waals surface area (Å²) in [7, 11) is 0. The zero-order valence-electron chi connectivity index (χ0n) is 23.7. The fraction of sp³-hybridized carbons (Fsp3) is 0.179. The van der Waals surface area contributed by atoms with Crippen LogP contribution >= 0.6 is 0 Å². The minimum Gasteiger partial charge on any atom is -0.253 e. The number of hydrogen-bond acceptors (Lipinski definition) is 2. The van der Waals surface area contributed by atoms with E-state index in [4.69, 9.17) is 0 Å². The summed E-state index contributed by atoms with van der Waals surface area (Å²) in [5.74, 6) is 0. The Bertz CT molecular complexity index is 1840. The van der Waals surface area contributed by atoms with Gasteiger partial charge in [-0.15, -0.1) is 0 Å². The Labute approximate surface area is 243 Å². The van der Waals surface area contributed by atoms with Crippen molar-refractivity contribution in [1.82, 2.24) is 10.9 Å². The van der Waals surface area contributed by atoms with Crippen molar-refractivity contribution in [3.63, 3.8) is 0 Å². The first-order valence-corrected chi connectivity index (χ1v) is 14.9. The minimum absolute atomic E-state index is 0.320. The van der Waals surface area contributed by atoms with Gasteiger partial charge in [-0.3, -0.25) is 10.9 Å². The summed E-state index contributed by atoms with van der Waals surface area (Å²) in [4.78, 5) is 0. The lowest BCUT2D eigenvalue weighted by Gasteiger charge is -2.19. The molecule has 0 fully saturated rings. The molecule has 0 aliphatic heterocycles. The third-order valence-corrected chi connectivity index (χ3v) is 8.69. The summed E-state index contributed by atoms with van der Waals surface area (Å²) in [5.41, 5.74) is 17.5. The molecular weight excluding hydrogens is 496 g/mol. The fourth-order valence-corrected chi connectivity index (χ4v) is 6.48. The van der Waals surface area contributed by atoms with Crippen molar-refractivity contribution < 1.29 is 0 Å². The molecule has 0 bridgehead atoms. The van der Waals surface area contributed by atoms with E-state index in [0.29, 0.717) is 6.04 Å². The van der Waals surface area contributed by atoms with Crippen molar-refractivity contribution in [2.45, 2.75) is 45.2 Å². The molecule has 0 radical (unpaired) electrons. The number of allylic oxidation sites excluding steroid dienone is 4. The van der Waals surface area contributed by atoms with Crippen molar-refractivity contribution in [2.24, 2.45) is 0 Å². The maximum atomic E-state index is 3.48. The Morgan fingerprint density at radius 2 is 1.39 bits per heavy atom. The van der Waals surface area contributed by atoms with Crippen LogP contribution in [-0.2, 0) is 13.0 Å². The van der Waals surface area contributed by atoms with Crippen LogP contribution in [0.2, 0.25) is 0 Å². The number of fused-ring (bicyclic) bond motifs is 6. The van der Waals surface area contributed by atoms with E-state index in [-0.39, 0.29) is 0 Å². The minimum atomic E-state index is 0.320. The molecule has 0 spiro atoms. The molecule has 2 N–H and O–H groups in total. The summed E-state index contributed by atoms with van der Waals surface area (Å²) < 4.78 is 0. The van der Waals surface area contributed by atoms with Crippen molar-refractivity contribution in [3.05, 3.63) is 138 Å². The highest BCUT2D eigenvalue weighted by atomic mass is 15.4. The van der Waals surface area contributed by atoms with Crippen molar-refractivity contribution in [2.75, 3.05) is 0 Å². The normalized spacial score (nSPS) is 15.2. The molecule has 0 amide bonds. The predicted molar refractivity (Wildman–Crippen MR) is 176 cm³/mol. The second-order valence-electron chi connectivity index (χ2n) is 11.3. The van der Waals surface area contributed by atoms with E-state index in [2.05, 4.69) is 139 Å². The Morgan fingerprint density at radius 3 is 2.22 bits per heavy atom. The van der Waals surface area contributed by atoms with Gasteiger partial charge in [-0.05, 0) is 111 Å². The Morgan fingerprint density at radius 1 is 0.659 bits per heavy atom. The Kier molecular flexibility index (Phi) is 7.10. The van der Waals surface area contributed by atoms with Gasteiger partial charge in [-0.2, -0.15) is 0 Å². The molecule has 5 aromatic rings. The Balaban J connectivity index is 1.16. The first-order valence-electron chi connectivity index (χ1n) is 14.9. The average Bonchev–Trinajstić information content (AvgIpc) is 3.05. The zero-order chi connectivity index (χ0) is 27.6. The van der Waals surface area contributed by atoms with Crippen LogP contribution in [-0.4, -0.2) is 6.04 Å². The van der Waals surface area contributed by atoms with Crippen LogP contribution in [0.15, 0.2) is 121 Å². The van der Waals surface area contributed by atoms with Gasteiger partial charge >= 0.3 is 0 Å². The number of nitrogens with one attached hydrogen (secondary N) is 2. The smallest absolute Gasteiger partial charge is 0.0397 e. The molecule has 0 saturated carbocycles. The van der Waals surface area contributed by atoms with Crippen molar-refractivity contribution in [3.8, 4) is 22.3 Å². The van der Waals surface area contributed by atoms with Gasteiger partial charge in [0.05, 0.1) is 0 Å². The highest BCUT2D eigenvalue weighted by molar-refractivity contribution is 6.13. The molecule has 2 heteroatoms. The molecule has 2 aliphatic carbocycles. The lowest BCUT2D eigenvalue weighted by Crippen LogP contribution is -2.39. The van der Waals surface area contributed by atoms with Crippen molar-refractivity contribution in [1.29, 1.82) is 0 Å². The fourth-order valence-electron chi connectivity index (χ4n) is 6.48. The summed E-state index contributed by atoms with van der Waals surface area (Å²) in [6.07, 6.45) is 15.8. The van der Waals surface area contributed by atoms with Crippen LogP contribution < -0.4 is 10.9 Å². The largest absolute Gasteiger partial charge is 0.253 e. The average molecular weight is 533 g/mol. The maximum absolute atomic E-state index is 3.48. The second-order valence-corrected chi connectivity index (χ2v) is 11.3. The SMILES string of the molecule is CC(NNCc1cccc(-c2cccc(-c3ccc4c(c3)c3c(c5ccccc54)CCC=C3)c2)c1)C1=CC=CCC1. The van der Waals surface area contributed by atoms with Crippen LogP contribution in [0, 0.1) is 0 Å². The monoisotopic (exact) mass is 532 g/mol. The summed E-state index contributed by atoms with van der Waals surface area (Å²) in [6.45, 7) is 3.00. The highest BCUT2D eigenvalue weighted by Crippen LogP contribution is 2.38. The van der Waals surface area contributed by atoms with Gasteiger partial charge in [-0.25, -0.2) is 0 Å². The molecule has 202 valence electrons. The van der Waals surface area contributed by atoms with Gasteiger partial charge < -0.3 is 0 Å². The van der Waals surface area contributed by atoms with Gasteiger partial charge in [0, 0.05) is 12.6 Å². The van der Waals surface area contributed by atoms with Gasteiger partial charge in [0.25, 0.3) is 0 Å². The second kappa shape index (κ2) is 11.3. The van der Waals surface area contributed by atoms with E-state index in [1.807, 2.05) is 0 Å². The molecule has 0 saturated heterocycles. The van der Waals surface area contributed by atoms with Gasteiger partial charge in [0.2, 0.25) is 0 Å². The van der Waals surface area contributed by atoms with E-state index in [9.17, 15) is 0 Å². The van der Waals surface area contributed by atoms with E-state index in [1.165, 1.54) is 66.1 Å². The topological polar surface area (TPSA) is 24.1 Å². The van der Waals surface area contributed by atoms with Gasteiger partial charge in [0.15, 0.2) is 0 Å². The third-order valence-electron chi connectivity index (χ3n) is 8.69. The molecule has 1 unspecified atom stereocenters. The number of rotatable bonds is 7. The first kappa shape index (κ1) is 25.7. The van der Waals surface area contributed by atoms with Crippen LogP contribution in [0.5, 0.6) is 0 Å². The zero-order valence-corrected chi connectivity index (χ0v) is 23.7. The van der Waals surface area contributed by atoms with E-state index in [0.717, 1.165) is 32.2 Å². The predicted octanol–water partition coefficient (Wildman–Crippen LogP) is 9.55. The van der Waals surface area contributed by atoms with Gasteiger partial charge in [-0.1, -0.05) is 109 Å². The molecule has 5 aromatic carbocycles. The molecule has 0 heterocycles. The summed E-state index contributed by atoms with van der Waals surface area (Å²) >= 11 is 0. The van der Waals surface area contributed by atoms with E-state index < -0.39 is 0 Å². The van der Waals surface area contributed by atoms with Crippen LogP contribution in [0.25, 0.3) is 49.9 Å². The van der Waals surface area contributed by atoms with Crippen LogP contribution in [0.4, 0.5) is 0 Å². The molecule has 1 atom stereocenters. The summed E-state index contributed by atoms with van der Waals surface area (Å²) in [6, 6.07) is 34.1. The summed E-state index contributed by atoms with van der Waals surface area (Å²) in [5, 5.41) is 5.45. The lowest BCUT2D eigenvalue weighted by atomic mass is 9.85. The highest BCUT2D eigenvalue weighted by Gasteiger charge is 2.15. The number of aryl methyl sites for hydroxylation is 1. The third kappa shape index (κ3) is 5.17. The number of benzene rings is 5. The van der Waals surface area contributed by atoms with Crippen LogP contribution in [0.3, 0.4) is 0 Å². The number of hydrogen-bond donors (Lipinski definition) is 2. The molecular formula is C39H36N2. The standard InChI is InChI=1S/C39H36N2/c1-27(29-12-3-2-4-13-29)41-40-26-28-11-9-14-30(23-28)31-15-10-16-32(24-31)33-21-22-38-36-19-6-5-17-34(36)35-18-7-8-20-37(35)39(38)25-33/h2-3,5-6,8-12,14-17,19-25,27,40-41H,4,7,13,18,26H2,1H3. The molecule has 2 nitrogen and oxygen atoms in total.